The number of halogens is 6. The molecule has 0 radical (unpaired) electrons. The van der Waals surface area contributed by atoms with E-state index >= 15 is 0 Å². The number of para-hydroxylation sites is 2. The van der Waals surface area contributed by atoms with E-state index in [1.807, 2.05) is 0 Å². The van der Waals surface area contributed by atoms with Gasteiger partial charge in [0.1, 0.15) is 0 Å². The molecule has 0 aliphatic heterocycles. The number of hydrazone groups is 2. The van der Waals surface area contributed by atoms with Gasteiger partial charge in [0.05, 0.1) is 11.4 Å². The van der Waals surface area contributed by atoms with Crippen molar-refractivity contribution in [1.29, 1.82) is 0 Å². The smallest absolute Gasteiger partial charge is 0.277 e. The van der Waals surface area contributed by atoms with Gasteiger partial charge in [-0.3, -0.25) is 10.9 Å². The number of hydrogen-bond donors (Lipinski definition) is 2. The topological polar surface area (TPSA) is 48.8 Å². The average Bonchev–Trinajstić information content (AvgIpc) is 2.63. The van der Waals surface area contributed by atoms with Gasteiger partial charge < -0.3 is 0 Å². The van der Waals surface area contributed by atoms with E-state index in [9.17, 15) is 26.3 Å². The van der Waals surface area contributed by atoms with Gasteiger partial charge in [-0.15, -0.1) is 0 Å². The summed E-state index contributed by atoms with van der Waals surface area (Å²) in [5.41, 5.74) is 4.85. The van der Waals surface area contributed by atoms with Gasteiger partial charge >= 0.3 is 12.4 Å². The highest BCUT2D eigenvalue weighted by Gasteiger charge is 2.42. The molecule has 2 aromatic rings. The minimum atomic E-state index is -4.94. The molecule has 0 saturated carbocycles. The molecule has 0 spiro atoms. The molecule has 0 amide bonds. The molecule has 28 heavy (non-hydrogen) atoms. The molecule has 0 atom stereocenters. The number of benzene rings is 2. The van der Waals surface area contributed by atoms with Crippen molar-refractivity contribution < 1.29 is 26.3 Å². The summed E-state index contributed by atoms with van der Waals surface area (Å²) in [6.45, 7) is 0. The number of alkyl halides is 6. The Bertz CT molecular complexity index is 738. The van der Waals surface area contributed by atoms with Crippen molar-refractivity contribution in [3.8, 4) is 0 Å². The first-order chi connectivity index (χ1) is 13.2. The highest BCUT2D eigenvalue weighted by molar-refractivity contribution is 8.87. The lowest BCUT2D eigenvalue weighted by Gasteiger charge is -2.13. The zero-order valence-electron chi connectivity index (χ0n) is 13.8. The van der Waals surface area contributed by atoms with Gasteiger partial charge in [-0.2, -0.15) is 36.5 Å². The molecule has 2 aromatic carbocycles. The Balaban J connectivity index is 2.12. The van der Waals surface area contributed by atoms with Crippen LogP contribution in [0.5, 0.6) is 0 Å². The first-order valence-electron chi connectivity index (χ1n) is 7.42. The van der Waals surface area contributed by atoms with E-state index in [0.717, 1.165) is 0 Å². The van der Waals surface area contributed by atoms with Crippen LogP contribution >= 0.6 is 21.6 Å². The van der Waals surface area contributed by atoms with Crippen LogP contribution in [-0.4, -0.2) is 22.4 Å². The van der Waals surface area contributed by atoms with Crippen LogP contribution in [0.3, 0.4) is 0 Å². The number of rotatable bonds is 4. The number of anilines is 2. The first-order valence-corrected chi connectivity index (χ1v) is 9.57. The Labute approximate surface area is 163 Å². The van der Waals surface area contributed by atoms with Crippen LogP contribution in [0.4, 0.5) is 37.7 Å². The van der Waals surface area contributed by atoms with Crippen molar-refractivity contribution in [1.82, 2.24) is 0 Å². The van der Waals surface area contributed by atoms with Crippen LogP contribution in [0.1, 0.15) is 0 Å². The molecule has 12 heteroatoms. The minimum Gasteiger partial charge on any atom is -0.277 e. The van der Waals surface area contributed by atoms with Gasteiger partial charge in [0, 0.05) is 0 Å². The van der Waals surface area contributed by atoms with E-state index in [1.54, 1.807) is 36.4 Å². The fraction of sp³-hybridized carbons (Fsp3) is 0.125. The largest absolute Gasteiger partial charge is 0.442 e. The van der Waals surface area contributed by atoms with Crippen molar-refractivity contribution in [3.05, 3.63) is 60.7 Å². The Hall–Kier alpha value is -2.34. The third-order valence-electron chi connectivity index (χ3n) is 2.81. The summed E-state index contributed by atoms with van der Waals surface area (Å²) in [5.74, 6) is 0. The fourth-order valence-corrected chi connectivity index (χ4v) is 3.37. The molecule has 0 heterocycles. The number of nitrogens with zero attached hydrogens (tertiary/aromatic N) is 2. The summed E-state index contributed by atoms with van der Waals surface area (Å²) in [7, 11) is -0.388. The van der Waals surface area contributed by atoms with Crippen molar-refractivity contribution in [2.45, 2.75) is 12.4 Å². The zero-order chi connectivity index (χ0) is 20.6. The summed E-state index contributed by atoms with van der Waals surface area (Å²) in [6.07, 6.45) is -9.88. The summed E-state index contributed by atoms with van der Waals surface area (Å²) < 4.78 is 78.5. The van der Waals surface area contributed by atoms with Crippen LogP contribution in [0, 0.1) is 0 Å². The number of nitrogens with one attached hydrogen (secondary N) is 2. The van der Waals surface area contributed by atoms with E-state index in [4.69, 9.17) is 0 Å². The van der Waals surface area contributed by atoms with Crippen molar-refractivity contribution in [2.24, 2.45) is 10.2 Å². The normalized spacial score (nSPS) is 13.4. The molecule has 0 aliphatic carbocycles. The lowest BCUT2D eigenvalue weighted by Crippen LogP contribution is -2.23. The summed E-state index contributed by atoms with van der Waals surface area (Å²) >= 11 is 0. The van der Waals surface area contributed by atoms with Crippen LogP contribution in [0.15, 0.2) is 70.9 Å². The van der Waals surface area contributed by atoms with Crippen LogP contribution < -0.4 is 10.9 Å². The lowest BCUT2D eigenvalue weighted by molar-refractivity contribution is -0.0565. The molecule has 0 aliphatic rings. The second-order valence-corrected chi connectivity index (χ2v) is 7.06. The maximum atomic E-state index is 13.1. The van der Waals surface area contributed by atoms with Gasteiger partial charge in [-0.25, -0.2) is 0 Å². The molecule has 0 unspecified atom stereocenters. The van der Waals surface area contributed by atoms with E-state index in [-0.39, 0.29) is 33.0 Å². The summed E-state index contributed by atoms with van der Waals surface area (Å²) in [6, 6.07) is 15.4. The van der Waals surface area contributed by atoms with Crippen molar-refractivity contribution >= 4 is 43.1 Å². The highest BCUT2D eigenvalue weighted by atomic mass is 33.1. The Morgan fingerprint density at radius 2 is 0.929 bits per heavy atom. The van der Waals surface area contributed by atoms with Crippen molar-refractivity contribution in [3.63, 3.8) is 0 Å². The minimum absolute atomic E-state index is 0.194. The van der Waals surface area contributed by atoms with E-state index in [0.29, 0.717) is 0 Å². The molecular formula is C16H12F6N4S2. The van der Waals surface area contributed by atoms with Crippen LogP contribution in [0.2, 0.25) is 0 Å². The van der Waals surface area contributed by atoms with Gasteiger partial charge in [0.2, 0.25) is 10.1 Å². The molecule has 0 bridgehead atoms. The third-order valence-corrected chi connectivity index (χ3v) is 5.05. The Kier molecular flexibility index (Phi) is 7.63. The molecule has 4 nitrogen and oxygen atoms in total. The Morgan fingerprint density at radius 3 is 1.21 bits per heavy atom. The van der Waals surface area contributed by atoms with E-state index < -0.39 is 22.4 Å². The number of hydrogen-bond acceptors (Lipinski definition) is 6. The van der Waals surface area contributed by atoms with Gasteiger partial charge in [0.25, 0.3) is 0 Å². The standard InChI is InChI=1S/C16H12F6N4S2/c17-15(18,19)13(25-23-11-7-3-1-4-8-11)27-28-14(16(20,21)22)26-24-12-9-5-2-6-10-12/h1-10,23-24H/b25-13-,26-14+. The summed E-state index contributed by atoms with van der Waals surface area (Å²) in [4.78, 5) is 0. The molecule has 0 fully saturated rings. The predicted octanol–water partition coefficient (Wildman–Crippen LogP) is 6.34. The summed E-state index contributed by atoms with van der Waals surface area (Å²) in [5, 5.41) is 3.38. The second kappa shape index (κ2) is 9.73. The third kappa shape index (κ3) is 7.35. The monoisotopic (exact) mass is 438 g/mol. The van der Waals surface area contributed by atoms with Crippen LogP contribution in [0.25, 0.3) is 0 Å². The lowest BCUT2D eigenvalue weighted by atomic mass is 10.3. The molecule has 0 aromatic heterocycles. The fourth-order valence-electron chi connectivity index (χ4n) is 1.59. The van der Waals surface area contributed by atoms with Gasteiger partial charge in [-0.05, 0) is 45.9 Å². The Morgan fingerprint density at radius 1 is 0.607 bits per heavy atom. The molecule has 150 valence electrons. The zero-order valence-corrected chi connectivity index (χ0v) is 15.4. The first kappa shape index (κ1) is 22.0. The van der Waals surface area contributed by atoms with Gasteiger partial charge in [0.15, 0.2) is 0 Å². The molecule has 2 N–H and O–H groups in total. The quantitative estimate of drug-likeness (QED) is 0.192. The predicted molar refractivity (Wildman–Crippen MR) is 102 cm³/mol. The maximum absolute atomic E-state index is 13.1. The SMILES string of the molecule is FC(F)(F)/C(=N/Nc1ccccc1)SS/C(=N/Nc1ccccc1)C(F)(F)F. The average molecular weight is 438 g/mol. The maximum Gasteiger partial charge on any atom is 0.442 e. The molecular weight excluding hydrogens is 426 g/mol. The van der Waals surface area contributed by atoms with E-state index in [1.165, 1.54) is 24.3 Å². The second-order valence-electron chi connectivity index (χ2n) is 4.95. The van der Waals surface area contributed by atoms with E-state index in [2.05, 4.69) is 21.1 Å². The highest BCUT2D eigenvalue weighted by Crippen LogP contribution is 2.38. The van der Waals surface area contributed by atoms with Crippen molar-refractivity contribution in [2.75, 3.05) is 10.9 Å². The van der Waals surface area contributed by atoms with Crippen LogP contribution in [-0.2, 0) is 0 Å². The van der Waals surface area contributed by atoms with Gasteiger partial charge in [-0.1, -0.05) is 36.4 Å². The molecule has 2 rings (SSSR count). The molecule has 0 saturated heterocycles.